The van der Waals surface area contributed by atoms with Crippen LogP contribution in [0.2, 0.25) is 0 Å². The standard InChI is InChI=1S/C11H16FNOS/c1-8(2)10-7-9(12)5-6-11(10)13-15(3,4)14/h5-8H,3H2,1-2,4H3,(H,13,14). The van der Waals surface area contributed by atoms with Crippen LogP contribution in [-0.2, 0) is 9.71 Å². The largest absolute Gasteiger partial charge is 0.313 e. The van der Waals surface area contributed by atoms with Gasteiger partial charge in [-0.1, -0.05) is 13.8 Å². The van der Waals surface area contributed by atoms with E-state index in [4.69, 9.17) is 0 Å². The molecular formula is C11H16FNOS. The van der Waals surface area contributed by atoms with Gasteiger partial charge in [0.05, 0.1) is 0 Å². The van der Waals surface area contributed by atoms with E-state index in [-0.39, 0.29) is 11.7 Å². The van der Waals surface area contributed by atoms with Crippen molar-refractivity contribution < 1.29 is 8.60 Å². The van der Waals surface area contributed by atoms with Crippen molar-refractivity contribution in [3.63, 3.8) is 0 Å². The fourth-order valence-corrected chi connectivity index (χ4v) is 1.99. The topological polar surface area (TPSA) is 29.1 Å². The van der Waals surface area contributed by atoms with Gasteiger partial charge in [0, 0.05) is 21.7 Å². The average molecular weight is 229 g/mol. The van der Waals surface area contributed by atoms with Gasteiger partial charge in [0.2, 0.25) is 0 Å². The highest BCUT2D eigenvalue weighted by molar-refractivity contribution is 8.00. The number of halogens is 1. The Balaban J connectivity index is 3.18. The van der Waals surface area contributed by atoms with Gasteiger partial charge in [0.25, 0.3) is 0 Å². The molecule has 0 aliphatic heterocycles. The molecule has 0 bridgehead atoms. The summed E-state index contributed by atoms with van der Waals surface area (Å²) in [5.41, 5.74) is 1.50. The molecule has 4 heteroatoms. The first-order chi connectivity index (χ1) is 6.79. The van der Waals surface area contributed by atoms with E-state index >= 15 is 0 Å². The van der Waals surface area contributed by atoms with Crippen molar-refractivity contribution in [3.8, 4) is 0 Å². The van der Waals surface area contributed by atoms with Gasteiger partial charge in [-0.15, -0.1) is 0 Å². The highest BCUT2D eigenvalue weighted by Crippen LogP contribution is 2.25. The minimum absolute atomic E-state index is 0.171. The fourth-order valence-electron chi connectivity index (χ4n) is 1.34. The first-order valence-corrected chi connectivity index (χ1v) is 6.82. The molecule has 0 saturated carbocycles. The summed E-state index contributed by atoms with van der Waals surface area (Å²) in [4.78, 5) is 0. The summed E-state index contributed by atoms with van der Waals surface area (Å²) < 4.78 is 27.3. The molecule has 1 rings (SSSR count). The molecule has 0 spiro atoms. The van der Waals surface area contributed by atoms with Gasteiger partial charge < -0.3 is 4.72 Å². The van der Waals surface area contributed by atoms with E-state index in [1.807, 2.05) is 13.8 Å². The molecule has 0 aliphatic carbocycles. The van der Waals surface area contributed by atoms with E-state index in [0.717, 1.165) is 5.56 Å². The van der Waals surface area contributed by atoms with Gasteiger partial charge in [-0.3, -0.25) is 0 Å². The summed E-state index contributed by atoms with van der Waals surface area (Å²) in [6.07, 6.45) is 1.51. The van der Waals surface area contributed by atoms with E-state index < -0.39 is 9.71 Å². The van der Waals surface area contributed by atoms with Crippen LogP contribution in [0.1, 0.15) is 25.3 Å². The number of anilines is 1. The first kappa shape index (κ1) is 12.0. The Morgan fingerprint density at radius 3 is 2.53 bits per heavy atom. The van der Waals surface area contributed by atoms with E-state index in [9.17, 15) is 8.60 Å². The highest BCUT2D eigenvalue weighted by Gasteiger charge is 2.09. The van der Waals surface area contributed by atoms with Crippen molar-refractivity contribution in [2.75, 3.05) is 11.0 Å². The van der Waals surface area contributed by atoms with E-state index in [1.54, 1.807) is 6.07 Å². The minimum Gasteiger partial charge on any atom is -0.313 e. The van der Waals surface area contributed by atoms with Gasteiger partial charge in [0.15, 0.2) is 0 Å². The molecule has 1 aromatic carbocycles. The average Bonchev–Trinajstić information content (AvgIpc) is 2.05. The SMILES string of the molecule is C=S(C)(=O)Nc1ccc(F)cc1C(C)C. The molecule has 0 saturated heterocycles. The lowest BCUT2D eigenvalue weighted by Gasteiger charge is -2.15. The van der Waals surface area contributed by atoms with Crippen molar-refractivity contribution in [1.29, 1.82) is 0 Å². The Labute approximate surface area is 90.7 Å². The lowest BCUT2D eigenvalue weighted by Crippen LogP contribution is -2.11. The number of nitrogens with one attached hydrogen (secondary N) is 1. The third-order valence-corrected chi connectivity index (χ3v) is 2.61. The van der Waals surface area contributed by atoms with Gasteiger partial charge in [0.1, 0.15) is 5.82 Å². The fraction of sp³-hybridized carbons (Fsp3) is 0.364. The molecule has 0 radical (unpaired) electrons. The van der Waals surface area contributed by atoms with Crippen LogP contribution >= 0.6 is 0 Å². The molecule has 0 amide bonds. The van der Waals surface area contributed by atoms with Gasteiger partial charge in [-0.2, -0.15) is 0 Å². The second-order valence-electron chi connectivity index (χ2n) is 3.99. The van der Waals surface area contributed by atoms with Crippen molar-refractivity contribution in [2.24, 2.45) is 0 Å². The quantitative estimate of drug-likeness (QED) is 0.793. The third-order valence-electron chi connectivity index (χ3n) is 1.96. The summed E-state index contributed by atoms with van der Waals surface area (Å²) in [6.45, 7) is 3.92. The maximum absolute atomic E-state index is 13.0. The van der Waals surface area contributed by atoms with E-state index in [2.05, 4.69) is 10.6 Å². The molecule has 15 heavy (non-hydrogen) atoms. The highest BCUT2D eigenvalue weighted by atomic mass is 32.2. The molecule has 0 aromatic heterocycles. The molecule has 2 nitrogen and oxygen atoms in total. The molecular weight excluding hydrogens is 213 g/mol. The smallest absolute Gasteiger partial charge is 0.123 e. The maximum atomic E-state index is 13.0. The predicted octanol–water partition coefficient (Wildman–Crippen LogP) is 2.62. The molecule has 1 unspecified atom stereocenters. The summed E-state index contributed by atoms with van der Waals surface area (Å²) in [6, 6.07) is 4.40. The first-order valence-electron chi connectivity index (χ1n) is 4.69. The van der Waals surface area contributed by atoms with Crippen LogP contribution in [0, 0.1) is 5.82 Å². The molecule has 0 aliphatic rings. The zero-order valence-corrected chi connectivity index (χ0v) is 10.0. The van der Waals surface area contributed by atoms with Gasteiger partial charge in [-0.05, 0) is 35.6 Å². The van der Waals surface area contributed by atoms with Crippen LogP contribution < -0.4 is 4.72 Å². The Hall–Kier alpha value is -1.03. The second kappa shape index (κ2) is 4.23. The summed E-state index contributed by atoms with van der Waals surface area (Å²) in [5.74, 6) is 3.40. The lowest BCUT2D eigenvalue weighted by molar-refractivity contribution is 0.623. The van der Waals surface area contributed by atoms with Crippen molar-refractivity contribution >= 4 is 21.3 Å². The molecule has 0 heterocycles. The minimum atomic E-state index is -2.32. The van der Waals surface area contributed by atoms with Crippen LogP contribution in [0.5, 0.6) is 0 Å². The Kier molecular flexibility index (Phi) is 3.39. The maximum Gasteiger partial charge on any atom is 0.123 e. The van der Waals surface area contributed by atoms with Crippen LogP contribution in [-0.4, -0.2) is 16.3 Å². The van der Waals surface area contributed by atoms with Crippen molar-refractivity contribution in [2.45, 2.75) is 19.8 Å². The second-order valence-corrected chi connectivity index (χ2v) is 6.21. The Bertz CT molecular complexity index is 452. The number of hydrogen-bond donors (Lipinski definition) is 1. The summed E-state index contributed by atoms with van der Waals surface area (Å²) >= 11 is 0. The van der Waals surface area contributed by atoms with E-state index in [0.29, 0.717) is 5.69 Å². The Morgan fingerprint density at radius 2 is 2.07 bits per heavy atom. The molecule has 84 valence electrons. The number of hydrogen-bond acceptors (Lipinski definition) is 1. The lowest BCUT2D eigenvalue weighted by atomic mass is 10.0. The zero-order chi connectivity index (χ0) is 11.6. The predicted molar refractivity (Wildman–Crippen MR) is 65.3 cm³/mol. The Morgan fingerprint density at radius 1 is 1.47 bits per heavy atom. The van der Waals surface area contributed by atoms with Crippen LogP contribution in [0.3, 0.4) is 0 Å². The van der Waals surface area contributed by atoms with Crippen LogP contribution in [0.15, 0.2) is 18.2 Å². The normalized spacial score (nSPS) is 15.0. The number of rotatable bonds is 3. The van der Waals surface area contributed by atoms with Crippen LogP contribution in [0.4, 0.5) is 10.1 Å². The zero-order valence-electron chi connectivity index (χ0n) is 9.21. The number of benzene rings is 1. The molecule has 0 fully saturated rings. The van der Waals surface area contributed by atoms with Crippen LogP contribution in [0.25, 0.3) is 0 Å². The monoisotopic (exact) mass is 229 g/mol. The van der Waals surface area contributed by atoms with Crippen molar-refractivity contribution in [3.05, 3.63) is 29.6 Å². The molecule has 1 atom stereocenters. The summed E-state index contributed by atoms with van der Waals surface area (Å²) in [7, 11) is -2.32. The summed E-state index contributed by atoms with van der Waals surface area (Å²) in [5, 5.41) is 0. The van der Waals surface area contributed by atoms with Gasteiger partial charge in [-0.25, -0.2) is 8.60 Å². The molecule has 1 N–H and O–H groups in total. The third kappa shape index (κ3) is 3.55. The van der Waals surface area contributed by atoms with Gasteiger partial charge >= 0.3 is 0 Å². The van der Waals surface area contributed by atoms with Crippen molar-refractivity contribution in [1.82, 2.24) is 0 Å². The molecule has 1 aromatic rings. The van der Waals surface area contributed by atoms with E-state index in [1.165, 1.54) is 18.4 Å².